The number of hydrogen-bond donors (Lipinski definition) is 3. The number of nitrogens with two attached hydrogens (primary N) is 3. The van der Waals surface area contributed by atoms with Crippen molar-refractivity contribution >= 4 is 46.2 Å². The van der Waals surface area contributed by atoms with Crippen molar-refractivity contribution < 1.29 is 0 Å². The zero-order valence-electron chi connectivity index (χ0n) is 8.82. The molecule has 0 atom stereocenters. The Balaban J connectivity index is 0. The van der Waals surface area contributed by atoms with E-state index in [9.17, 15) is 0 Å². The first-order valence-corrected chi connectivity index (χ1v) is 5.52. The van der Waals surface area contributed by atoms with Gasteiger partial charge in [-0.2, -0.15) is 0 Å². The van der Waals surface area contributed by atoms with Gasteiger partial charge in [0.05, 0.1) is 5.69 Å². The number of aromatic nitrogens is 1. The van der Waals surface area contributed by atoms with Crippen molar-refractivity contribution in [2.75, 3.05) is 5.73 Å². The van der Waals surface area contributed by atoms with E-state index in [0.717, 1.165) is 12.8 Å². The summed E-state index contributed by atoms with van der Waals surface area (Å²) in [5.41, 5.74) is 16.0. The average molecular weight is 269 g/mol. The highest BCUT2D eigenvalue weighted by molar-refractivity contribution is 7.80. The van der Waals surface area contributed by atoms with Crippen molar-refractivity contribution in [1.82, 2.24) is 4.98 Å². The van der Waals surface area contributed by atoms with Crippen LogP contribution in [-0.4, -0.2) is 10.1 Å². The molecular weight excluding hydrogens is 252 g/mol. The fourth-order valence-corrected chi connectivity index (χ4v) is 1.82. The Bertz CT molecular complexity index is 275. The highest BCUT2D eigenvalue weighted by atomic mass is 35.5. The molecule has 0 unspecified atom stereocenters. The maximum absolute atomic E-state index is 5.54. The van der Waals surface area contributed by atoms with Gasteiger partial charge in [0.2, 0.25) is 0 Å². The number of anilines is 1. The number of nitrogens with zero attached hydrogens (tertiary/aromatic N) is 1. The summed E-state index contributed by atoms with van der Waals surface area (Å²) in [5.74, 6) is 0. The van der Waals surface area contributed by atoms with Crippen LogP contribution in [0, 0.1) is 0 Å². The first-order valence-electron chi connectivity index (χ1n) is 4.30. The molecule has 1 aromatic heterocycles. The van der Waals surface area contributed by atoms with Crippen molar-refractivity contribution in [3.8, 4) is 0 Å². The Morgan fingerprint density at radius 3 is 2.07 bits per heavy atom. The molecule has 0 amide bonds. The maximum atomic E-state index is 5.54. The highest BCUT2D eigenvalue weighted by Crippen LogP contribution is 2.20. The van der Waals surface area contributed by atoms with Gasteiger partial charge in [-0.05, 0) is 25.1 Å². The van der Waals surface area contributed by atoms with Crippen LogP contribution in [0.15, 0.2) is 0 Å². The van der Waals surface area contributed by atoms with Gasteiger partial charge in [0.1, 0.15) is 0 Å². The summed E-state index contributed by atoms with van der Waals surface area (Å²) in [7, 11) is 0. The van der Waals surface area contributed by atoms with E-state index in [1.807, 2.05) is 0 Å². The molecule has 1 heterocycles. The van der Waals surface area contributed by atoms with Gasteiger partial charge in [0.15, 0.2) is 10.2 Å². The summed E-state index contributed by atoms with van der Waals surface area (Å²) in [4.78, 5) is 5.53. The Labute approximate surface area is 106 Å². The summed E-state index contributed by atoms with van der Waals surface area (Å²) >= 11 is 5.70. The minimum Gasteiger partial charge on any atom is -0.377 e. The van der Waals surface area contributed by atoms with E-state index in [0.29, 0.717) is 5.13 Å². The van der Waals surface area contributed by atoms with Gasteiger partial charge in [0, 0.05) is 4.88 Å². The topological polar surface area (TPSA) is 90.9 Å². The second kappa shape index (κ2) is 8.70. The van der Waals surface area contributed by atoms with Crippen molar-refractivity contribution in [3.63, 3.8) is 0 Å². The quantitative estimate of drug-likeness (QED) is 0.707. The Kier molecular flexibility index (Phi) is 9.76. The molecule has 0 aliphatic rings. The van der Waals surface area contributed by atoms with Crippen molar-refractivity contribution in [2.45, 2.75) is 26.7 Å². The van der Waals surface area contributed by atoms with Crippen LogP contribution in [0.4, 0.5) is 5.13 Å². The van der Waals surface area contributed by atoms with E-state index in [2.05, 4.69) is 42.5 Å². The highest BCUT2D eigenvalue weighted by Gasteiger charge is 2.03. The van der Waals surface area contributed by atoms with Crippen molar-refractivity contribution in [3.05, 3.63) is 10.6 Å². The van der Waals surface area contributed by atoms with Gasteiger partial charge >= 0.3 is 0 Å². The van der Waals surface area contributed by atoms with Crippen LogP contribution in [0.5, 0.6) is 0 Å². The SMILES string of the molecule is CCc1nc(N)sc1CC.Cl.NC(N)=S. The molecule has 1 rings (SSSR count). The Hall–Kier alpha value is -0.590. The van der Waals surface area contributed by atoms with Gasteiger partial charge in [-0.3, -0.25) is 0 Å². The number of halogens is 1. The largest absolute Gasteiger partial charge is 0.377 e. The standard InChI is InChI=1S/C7H12N2S.CH4N2S.ClH/c1-3-5-6(4-2)10-7(8)9-5;2-1(3)4;/h3-4H2,1-2H3,(H2,8,9);(H4,2,3,4);1H. The molecule has 88 valence electrons. The number of thiocarbonyl (C=S) groups is 1. The molecule has 0 saturated carbocycles. The number of aryl methyl sites for hydroxylation is 2. The molecule has 1 aromatic rings. The molecule has 4 nitrogen and oxygen atoms in total. The predicted octanol–water partition coefficient (Wildman–Crippen LogP) is 1.46. The van der Waals surface area contributed by atoms with Crippen LogP contribution >= 0.6 is 36.0 Å². The normalized spacial score (nSPS) is 8.40. The lowest BCUT2D eigenvalue weighted by Crippen LogP contribution is -2.18. The van der Waals surface area contributed by atoms with Gasteiger partial charge < -0.3 is 17.2 Å². The van der Waals surface area contributed by atoms with E-state index in [1.54, 1.807) is 11.3 Å². The summed E-state index contributed by atoms with van der Waals surface area (Å²) in [6.45, 7) is 4.24. The van der Waals surface area contributed by atoms with Crippen LogP contribution in [0.3, 0.4) is 0 Å². The van der Waals surface area contributed by atoms with E-state index >= 15 is 0 Å². The van der Waals surface area contributed by atoms with Crippen molar-refractivity contribution in [1.29, 1.82) is 0 Å². The van der Waals surface area contributed by atoms with Crippen LogP contribution in [0.25, 0.3) is 0 Å². The molecule has 0 saturated heterocycles. The molecule has 0 radical (unpaired) electrons. The third-order valence-corrected chi connectivity index (χ3v) is 2.52. The smallest absolute Gasteiger partial charge is 0.180 e. The second-order valence-corrected chi connectivity index (χ2v) is 4.12. The van der Waals surface area contributed by atoms with Gasteiger partial charge in [0.25, 0.3) is 0 Å². The van der Waals surface area contributed by atoms with Gasteiger partial charge in [-0.15, -0.1) is 23.7 Å². The minimum absolute atomic E-state index is 0. The molecule has 0 bridgehead atoms. The van der Waals surface area contributed by atoms with E-state index in [-0.39, 0.29) is 17.5 Å². The predicted molar refractivity (Wildman–Crippen MR) is 73.5 cm³/mol. The minimum atomic E-state index is 0. The summed E-state index contributed by atoms with van der Waals surface area (Å²) in [5, 5.41) is 0.703. The summed E-state index contributed by atoms with van der Waals surface area (Å²) < 4.78 is 0. The first kappa shape index (κ1) is 16.8. The van der Waals surface area contributed by atoms with E-state index < -0.39 is 0 Å². The zero-order valence-corrected chi connectivity index (χ0v) is 11.3. The first-order chi connectivity index (χ1) is 6.51. The molecule has 6 N–H and O–H groups in total. The third-order valence-electron chi connectivity index (χ3n) is 1.45. The van der Waals surface area contributed by atoms with Crippen LogP contribution < -0.4 is 17.2 Å². The zero-order chi connectivity index (χ0) is 11.1. The Morgan fingerprint density at radius 1 is 1.33 bits per heavy atom. The molecule has 7 heteroatoms. The molecule has 0 aliphatic carbocycles. The second-order valence-electron chi connectivity index (χ2n) is 2.53. The van der Waals surface area contributed by atoms with E-state index in [4.69, 9.17) is 5.73 Å². The molecule has 0 fully saturated rings. The Morgan fingerprint density at radius 2 is 1.80 bits per heavy atom. The number of thiazole rings is 1. The lowest BCUT2D eigenvalue weighted by Gasteiger charge is -1.90. The van der Waals surface area contributed by atoms with Crippen molar-refractivity contribution in [2.24, 2.45) is 11.5 Å². The fourth-order valence-electron chi connectivity index (χ4n) is 0.956. The van der Waals surface area contributed by atoms with Gasteiger partial charge in [-0.1, -0.05) is 13.8 Å². The number of rotatable bonds is 2. The monoisotopic (exact) mass is 268 g/mol. The maximum Gasteiger partial charge on any atom is 0.180 e. The number of nitrogen functional groups attached to an aromatic ring is 1. The summed E-state index contributed by atoms with van der Waals surface area (Å²) in [6, 6.07) is 0. The molecule has 15 heavy (non-hydrogen) atoms. The van der Waals surface area contributed by atoms with Crippen LogP contribution in [0.2, 0.25) is 0 Å². The summed E-state index contributed by atoms with van der Waals surface area (Å²) in [6.07, 6.45) is 2.05. The molecule has 0 aromatic carbocycles. The lowest BCUT2D eigenvalue weighted by atomic mass is 10.2. The fraction of sp³-hybridized carbons (Fsp3) is 0.500. The van der Waals surface area contributed by atoms with E-state index in [1.165, 1.54) is 10.6 Å². The van der Waals surface area contributed by atoms with Crippen LogP contribution in [-0.2, 0) is 12.8 Å². The van der Waals surface area contributed by atoms with Crippen LogP contribution in [0.1, 0.15) is 24.4 Å². The molecular formula is C8H17ClN4S2. The lowest BCUT2D eigenvalue weighted by molar-refractivity contribution is 1.01. The number of hydrogen-bond acceptors (Lipinski definition) is 4. The molecule has 0 aliphatic heterocycles. The third kappa shape index (κ3) is 7.35. The molecule has 0 spiro atoms. The van der Waals surface area contributed by atoms with Gasteiger partial charge in [-0.25, -0.2) is 4.98 Å². The average Bonchev–Trinajstić information content (AvgIpc) is 2.45.